The van der Waals surface area contributed by atoms with Crippen LogP contribution >= 0.6 is 0 Å². The number of nitrogens with two attached hydrogens (primary N) is 1. The molecule has 0 radical (unpaired) electrons. The molecule has 0 saturated carbocycles. The summed E-state index contributed by atoms with van der Waals surface area (Å²) in [6, 6.07) is 15.3. The van der Waals surface area contributed by atoms with Crippen molar-refractivity contribution in [2.75, 3.05) is 6.54 Å². The fourth-order valence-corrected chi connectivity index (χ4v) is 3.50. The molecule has 128 valence electrons. The Balaban J connectivity index is 1.80. The highest BCUT2D eigenvalue weighted by Crippen LogP contribution is 2.36. The monoisotopic (exact) mass is 324 g/mol. The van der Waals surface area contributed by atoms with Crippen molar-refractivity contribution in [2.24, 2.45) is 5.73 Å². The van der Waals surface area contributed by atoms with Crippen molar-refractivity contribution in [3.05, 3.63) is 64.7 Å². The predicted molar refractivity (Wildman–Crippen MR) is 99.0 cm³/mol. The number of hydrogen-bond acceptors (Lipinski definition) is 3. The van der Waals surface area contributed by atoms with Crippen LogP contribution in [0.3, 0.4) is 0 Å². The van der Waals surface area contributed by atoms with Crippen molar-refractivity contribution in [3.63, 3.8) is 0 Å². The highest BCUT2D eigenvalue weighted by Gasteiger charge is 2.29. The average Bonchev–Trinajstić information content (AvgIpc) is 2.84. The Morgan fingerprint density at radius 1 is 1.17 bits per heavy atom. The van der Waals surface area contributed by atoms with Crippen LogP contribution in [0.2, 0.25) is 0 Å². The van der Waals surface area contributed by atoms with Gasteiger partial charge in [0.05, 0.1) is 0 Å². The minimum atomic E-state index is -0.181. The summed E-state index contributed by atoms with van der Waals surface area (Å²) in [4.78, 5) is 2.47. The molecule has 1 unspecified atom stereocenters. The van der Waals surface area contributed by atoms with Gasteiger partial charge in [0, 0.05) is 25.7 Å². The van der Waals surface area contributed by atoms with E-state index in [-0.39, 0.29) is 5.60 Å². The number of fused-ring (bicyclic) bond motifs is 1. The smallest absolute Gasteiger partial charge is 0.120 e. The first-order valence-corrected chi connectivity index (χ1v) is 8.68. The van der Waals surface area contributed by atoms with E-state index in [1.807, 2.05) is 6.07 Å². The molecular weight excluding hydrogens is 296 g/mol. The summed E-state index contributed by atoms with van der Waals surface area (Å²) in [5, 5.41) is 0. The first kappa shape index (κ1) is 17.0. The molecule has 0 saturated heterocycles. The van der Waals surface area contributed by atoms with Gasteiger partial charge in [0.1, 0.15) is 11.4 Å². The number of benzene rings is 2. The summed E-state index contributed by atoms with van der Waals surface area (Å²) >= 11 is 0. The molecule has 1 atom stereocenters. The highest BCUT2D eigenvalue weighted by molar-refractivity contribution is 5.40. The lowest BCUT2D eigenvalue weighted by molar-refractivity contribution is 0.130. The van der Waals surface area contributed by atoms with Crippen molar-refractivity contribution in [3.8, 4) is 5.75 Å². The zero-order chi connectivity index (χ0) is 17.3. The van der Waals surface area contributed by atoms with Gasteiger partial charge in [-0.05, 0) is 62.1 Å². The Morgan fingerprint density at radius 2 is 1.92 bits per heavy atom. The van der Waals surface area contributed by atoms with Crippen LogP contribution in [0.15, 0.2) is 42.5 Å². The van der Waals surface area contributed by atoms with Gasteiger partial charge in [-0.15, -0.1) is 0 Å². The van der Waals surface area contributed by atoms with Crippen LogP contribution in [0.25, 0.3) is 0 Å². The Morgan fingerprint density at radius 3 is 2.62 bits per heavy atom. The van der Waals surface area contributed by atoms with Gasteiger partial charge in [0.25, 0.3) is 0 Å². The van der Waals surface area contributed by atoms with E-state index >= 15 is 0 Å². The van der Waals surface area contributed by atoms with Gasteiger partial charge in [-0.25, -0.2) is 0 Å². The van der Waals surface area contributed by atoms with E-state index in [9.17, 15) is 0 Å². The van der Waals surface area contributed by atoms with E-state index in [2.05, 4.69) is 69.0 Å². The molecule has 2 aromatic rings. The molecule has 1 aliphatic heterocycles. The summed E-state index contributed by atoms with van der Waals surface area (Å²) in [6.07, 6.45) is 0. The molecule has 2 N–H and O–H groups in total. The molecule has 0 aromatic heterocycles. The van der Waals surface area contributed by atoms with Crippen molar-refractivity contribution in [2.45, 2.75) is 52.4 Å². The number of hydrogen-bond donors (Lipinski definition) is 1. The zero-order valence-corrected chi connectivity index (χ0v) is 15.2. The van der Waals surface area contributed by atoms with Gasteiger partial charge in [0.15, 0.2) is 0 Å². The second-order valence-corrected chi connectivity index (χ2v) is 7.66. The largest absolute Gasteiger partial charge is 0.488 e. The van der Waals surface area contributed by atoms with Crippen LogP contribution < -0.4 is 10.5 Å². The molecule has 1 aliphatic rings. The molecule has 0 aliphatic carbocycles. The zero-order valence-electron chi connectivity index (χ0n) is 15.2. The van der Waals surface area contributed by atoms with E-state index in [0.29, 0.717) is 12.6 Å². The van der Waals surface area contributed by atoms with E-state index in [0.717, 1.165) is 18.8 Å². The van der Waals surface area contributed by atoms with Gasteiger partial charge >= 0.3 is 0 Å². The molecule has 3 nitrogen and oxygen atoms in total. The number of rotatable bonds is 4. The fourth-order valence-electron chi connectivity index (χ4n) is 3.50. The number of ether oxygens (including phenoxy) is 1. The summed E-state index contributed by atoms with van der Waals surface area (Å²) in [5.74, 6) is 0.928. The normalized spacial score (nSPS) is 17.8. The second-order valence-electron chi connectivity index (χ2n) is 7.66. The molecule has 3 rings (SSSR count). The van der Waals surface area contributed by atoms with Gasteiger partial charge < -0.3 is 10.5 Å². The maximum Gasteiger partial charge on any atom is 0.120 e. The van der Waals surface area contributed by atoms with Gasteiger partial charge in [-0.1, -0.05) is 30.3 Å². The predicted octanol–water partition coefficient (Wildman–Crippen LogP) is 4.19. The first-order valence-electron chi connectivity index (χ1n) is 8.68. The van der Waals surface area contributed by atoms with Gasteiger partial charge in [0.2, 0.25) is 0 Å². The number of aryl methyl sites for hydroxylation is 1. The first-order chi connectivity index (χ1) is 11.4. The van der Waals surface area contributed by atoms with Gasteiger partial charge in [-0.2, -0.15) is 0 Å². The van der Waals surface area contributed by atoms with Crippen molar-refractivity contribution < 1.29 is 4.74 Å². The quantitative estimate of drug-likeness (QED) is 0.916. The van der Waals surface area contributed by atoms with Gasteiger partial charge in [-0.3, -0.25) is 4.90 Å². The third-order valence-electron chi connectivity index (χ3n) is 4.54. The van der Waals surface area contributed by atoms with Crippen molar-refractivity contribution in [1.82, 2.24) is 4.90 Å². The minimum Gasteiger partial charge on any atom is -0.488 e. The minimum absolute atomic E-state index is 0.181. The van der Waals surface area contributed by atoms with E-state index < -0.39 is 0 Å². The lowest BCUT2D eigenvalue weighted by atomic mass is 10.0. The van der Waals surface area contributed by atoms with Crippen LogP contribution in [0.4, 0.5) is 0 Å². The Kier molecular flexibility index (Phi) is 4.66. The molecule has 0 spiro atoms. The highest BCUT2D eigenvalue weighted by atomic mass is 16.5. The third kappa shape index (κ3) is 3.63. The van der Waals surface area contributed by atoms with Crippen LogP contribution in [0.1, 0.15) is 49.1 Å². The molecule has 1 heterocycles. The summed E-state index contributed by atoms with van der Waals surface area (Å²) in [7, 11) is 0. The fraction of sp³-hybridized carbons (Fsp3) is 0.429. The molecule has 3 heteroatoms. The van der Waals surface area contributed by atoms with Crippen LogP contribution in [-0.4, -0.2) is 17.0 Å². The van der Waals surface area contributed by atoms with Crippen LogP contribution in [0.5, 0.6) is 5.75 Å². The molecule has 2 aromatic carbocycles. The lowest BCUT2D eigenvalue weighted by Gasteiger charge is -2.25. The Labute approximate surface area is 145 Å². The summed E-state index contributed by atoms with van der Waals surface area (Å²) in [5.41, 5.74) is 11.4. The maximum atomic E-state index is 6.09. The van der Waals surface area contributed by atoms with Crippen molar-refractivity contribution in [1.29, 1.82) is 0 Å². The standard InChI is InChI=1S/C21H28N2O/c1-15-7-5-10-18-19(15)14-23(20(18)12-22)13-16-8-6-9-17(11-16)24-21(2,3)4/h5-11,20H,12-14,22H2,1-4H3. The van der Waals surface area contributed by atoms with Crippen LogP contribution in [0, 0.1) is 6.92 Å². The Bertz CT molecular complexity index is 718. The van der Waals surface area contributed by atoms with E-state index in [1.54, 1.807) is 0 Å². The molecule has 0 amide bonds. The SMILES string of the molecule is Cc1cccc2c1CN(Cc1cccc(OC(C)(C)C)c1)C2CN. The van der Waals surface area contributed by atoms with E-state index in [4.69, 9.17) is 10.5 Å². The van der Waals surface area contributed by atoms with E-state index in [1.165, 1.54) is 22.3 Å². The molecular formula is C21H28N2O. The lowest BCUT2D eigenvalue weighted by Crippen LogP contribution is -2.27. The number of nitrogens with zero attached hydrogens (tertiary/aromatic N) is 1. The molecule has 0 bridgehead atoms. The molecule has 24 heavy (non-hydrogen) atoms. The maximum absolute atomic E-state index is 6.09. The van der Waals surface area contributed by atoms with Crippen molar-refractivity contribution >= 4 is 0 Å². The second kappa shape index (κ2) is 6.58. The summed E-state index contributed by atoms with van der Waals surface area (Å²) in [6.45, 7) is 10.9. The summed E-state index contributed by atoms with van der Waals surface area (Å²) < 4.78 is 6.00. The topological polar surface area (TPSA) is 38.5 Å². The van der Waals surface area contributed by atoms with Crippen LogP contribution in [-0.2, 0) is 13.1 Å². The third-order valence-corrected chi connectivity index (χ3v) is 4.54. The Hall–Kier alpha value is -1.84. The molecule has 0 fully saturated rings. The average molecular weight is 324 g/mol.